The number of carbonyl (C=O) groups excluding carboxylic acids is 1. The van der Waals surface area contributed by atoms with Crippen LogP contribution in [0.15, 0.2) is 42.5 Å². The first-order chi connectivity index (χ1) is 11.9. The molecule has 0 spiro atoms. The van der Waals surface area contributed by atoms with E-state index in [1.54, 1.807) is 12.1 Å². The molecule has 0 bridgehead atoms. The number of anilines is 1. The van der Waals surface area contributed by atoms with Gasteiger partial charge in [-0.05, 0) is 42.2 Å². The number of alkyl carbamates (subject to hydrolysis) is 1. The second-order valence-corrected chi connectivity index (χ2v) is 5.95. The van der Waals surface area contributed by atoms with E-state index in [2.05, 4.69) is 5.32 Å². The van der Waals surface area contributed by atoms with E-state index in [4.69, 9.17) is 10.5 Å². The molecule has 2 rings (SSSR count). The Morgan fingerprint density at radius 3 is 2.48 bits per heavy atom. The van der Waals surface area contributed by atoms with Gasteiger partial charge in [0.1, 0.15) is 18.8 Å². The van der Waals surface area contributed by atoms with E-state index in [-0.39, 0.29) is 13.2 Å². The number of carbonyl (C=O) groups is 1. The number of aliphatic hydroxyl groups excluding tert-OH is 2. The molecular formula is C19H24N2O4. The zero-order valence-corrected chi connectivity index (χ0v) is 14.4. The van der Waals surface area contributed by atoms with Crippen molar-refractivity contribution in [2.75, 3.05) is 12.3 Å². The number of aliphatic hydroxyl groups is 2. The maximum absolute atomic E-state index is 11.7. The molecule has 0 aliphatic carbocycles. The number of hydrogen-bond donors (Lipinski definition) is 4. The molecule has 2 unspecified atom stereocenters. The highest BCUT2D eigenvalue weighted by Crippen LogP contribution is 2.26. The minimum absolute atomic E-state index is 0.127. The van der Waals surface area contributed by atoms with Crippen molar-refractivity contribution in [2.24, 2.45) is 0 Å². The number of amides is 1. The van der Waals surface area contributed by atoms with Crippen molar-refractivity contribution in [2.45, 2.75) is 32.7 Å². The van der Waals surface area contributed by atoms with Crippen molar-refractivity contribution >= 4 is 11.8 Å². The van der Waals surface area contributed by atoms with E-state index in [0.29, 0.717) is 11.3 Å². The number of benzene rings is 2. The number of nitrogen functional groups attached to an aromatic ring is 1. The van der Waals surface area contributed by atoms with Crippen molar-refractivity contribution in [3.63, 3.8) is 0 Å². The molecule has 6 nitrogen and oxygen atoms in total. The summed E-state index contributed by atoms with van der Waals surface area (Å²) >= 11 is 0. The van der Waals surface area contributed by atoms with Gasteiger partial charge in [-0.15, -0.1) is 0 Å². The Bertz CT molecular complexity index is 719. The Morgan fingerprint density at radius 2 is 1.80 bits per heavy atom. The third kappa shape index (κ3) is 4.95. The lowest BCUT2D eigenvalue weighted by molar-refractivity contribution is 0.0180. The van der Waals surface area contributed by atoms with Crippen LogP contribution < -0.4 is 11.1 Å². The van der Waals surface area contributed by atoms with E-state index in [0.717, 1.165) is 16.7 Å². The fourth-order valence-electron chi connectivity index (χ4n) is 2.46. The standard InChI is InChI=1S/C19H24N2O4/c1-12-13(2)16(20)9-8-15(12)18(23)17(22)10-21-19(24)25-11-14-6-4-3-5-7-14/h3-9,17-18,22-23H,10-11,20H2,1-2H3,(H,21,24). The van der Waals surface area contributed by atoms with E-state index < -0.39 is 18.3 Å². The van der Waals surface area contributed by atoms with Crippen LogP contribution in [0.5, 0.6) is 0 Å². The van der Waals surface area contributed by atoms with Gasteiger partial charge in [-0.1, -0.05) is 36.4 Å². The van der Waals surface area contributed by atoms with Crippen LogP contribution in [0, 0.1) is 13.8 Å². The van der Waals surface area contributed by atoms with Gasteiger partial charge in [-0.3, -0.25) is 0 Å². The van der Waals surface area contributed by atoms with Gasteiger partial charge in [-0.25, -0.2) is 4.79 Å². The Labute approximate surface area is 147 Å². The topological polar surface area (TPSA) is 105 Å². The highest BCUT2D eigenvalue weighted by atomic mass is 16.5. The monoisotopic (exact) mass is 344 g/mol. The van der Waals surface area contributed by atoms with E-state index >= 15 is 0 Å². The van der Waals surface area contributed by atoms with Gasteiger partial charge in [0.2, 0.25) is 0 Å². The second-order valence-electron chi connectivity index (χ2n) is 5.95. The van der Waals surface area contributed by atoms with Crippen LogP contribution in [0.1, 0.15) is 28.4 Å². The Kier molecular flexibility index (Phi) is 6.38. The largest absolute Gasteiger partial charge is 0.445 e. The second kappa shape index (κ2) is 8.50. The molecule has 0 fully saturated rings. The van der Waals surface area contributed by atoms with Crippen LogP contribution >= 0.6 is 0 Å². The lowest BCUT2D eigenvalue weighted by atomic mass is 9.95. The lowest BCUT2D eigenvalue weighted by Gasteiger charge is -2.21. The first kappa shape index (κ1) is 18.8. The van der Waals surface area contributed by atoms with Crippen LogP contribution in [0.4, 0.5) is 10.5 Å². The molecule has 25 heavy (non-hydrogen) atoms. The normalized spacial score (nSPS) is 13.1. The summed E-state index contributed by atoms with van der Waals surface area (Å²) in [7, 11) is 0. The third-order valence-electron chi connectivity index (χ3n) is 4.22. The predicted molar refractivity (Wildman–Crippen MR) is 95.9 cm³/mol. The molecule has 0 aliphatic rings. The maximum atomic E-state index is 11.7. The van der Waals surface area contributed by atoms with Crippen LogP contribution in [0.25, 0.3) is 0 Å². The first-order valence-corrected chi connectivity index (χ1v) is 8.06. The summed E-state index contributed by atoms with van der Waals surface area (Å²) in [5.41, 5.74) is 9.58. The summed E-state index contributed by atoms with van der Waals surface area (Å²) in [6, 6.07) is 12.6. The summed E-state index contributed by atoms with van der Waals surface area (Å²) < 4.78 is 5.06. The molecule has 2 aromatic rings. The molecule has 0 saturated heterocycles. The zero-order valence-electron chi connectivity index (χ0n) is 14.4. The number of nitrogens with two attached hydrogens (primary N) is 1. The molecule has 0 heterocycles. The Morgan fingerprint density at radius 1 is 1.12 bits per heavy atom. The van der Waals surface area contributed by atoms with Crippen LogP contribution in [-0.2, 0) is 11.3 Å². The number of nitrogens with one attached hydrogen (secondary N) is 1. The van der Waals surface area contributed by atoms with Gasteiger partial charge in [0.25, 0.3) is 0 Å². The molecule has 6 heteroatoms. The van der Waals surface area contributed by atoms with Crippen molar-refractivity contribution in [3.05, 3.63) is 64.7 Å². The smallest absolute Gasteiger partial charge is 0.407 e. The molecule has 0 aromatic heterocycles. The minimum atomic E-state index is -1.16. The summed E-state index contributed by atoms with van der Waals surface area (Å²) in [6.45, 7) is 3.70. The van der Waals surface area contributed by atoms with Crippen molar-refractivity contribution in [1.29, 1.82) is 0 Å². The maximum Gasteiger partial charge on any atom is 0.407 e. The average molecular weight is 344 g/mol. The molecule has 5 N–H and O–H groups in total. The lowest BCUT2D eigenvalue weighted by Crippen LogP contribution is -2.36. The van der Waals surface area contributed by atoms with Crippen molar-refractivity contribution < 1.29 is 19.7 Å². The van der Waals surface area contributed by atoms with Gasteiger partial charge in [0, 0.05) is 12.2 Å². The fourth-order valence-corrected chi connectivity index (χ4v) is 2.46. The minimum Gasteiger partial charge on any atom is -0.445 e. The van der Waals surface area contributed by atoms with Gasteiger partial charge in [0.05, 0.1) is 0 Å². The zero-order chi connectivity index (χ0) is 18.4. The quantitative estimate of drug-likeness (QED) is 0.601. The van der Waals surface area contributed by atoms with E-state index in [1.807, 2.05) is 44.2 Å². The summed E-state index contributed by atoms with van der Waals surface area (Å²) in [5.74, 6) is 0. The summed E-state index contributed by atoms with van der Waals surface area (Å²) in [4.78, 5) is 11.7. The van der Waals surface area contributed by atoms with Crippen LogP contribution in [-0.4, -0.2) is 29.0 Å². The van der Waals surface area contributed by atoms with Gasteiger partial charge < -0.3 is 26.0 Å². The molecule has 2 aromatic carbocycles. The number of rotatable bonds is 6. The van der Waals surface area contributed by atoms with Gasteiger partial charge >= 0.3 is 6.09 Å². The van der Waals surface area contributed by atoms with E-state index in [1.165, 1.54) is 0 Å². The third-order valence-corrected chi connectivity index (χ3v) is 4.22. The van der Waals surface area contributed by atoms with Crippen molar-refractivity contribution in [3.8, 4) is 0 Å². The van der Waals surface area contributed by atoms with Crippen molar-refractivity contribution in [1.82, 2.24) is 5.32 Å². The number of ether oxygens (including phenoxy) is 1. The van der Waals surface area contributed by atoms with Gasteiger partial charge in [-0.2, -0.15) is 0 Å². The average Bonchev–Trinajstić information content (AvgIpc) is 2.63. The van der Waals surface area contributed by atoms with Crippen LogP contribution in [0.3, 0.4) is 0 Å². The Balaban J connectivity index is 1.86. The predicted octanol–water partition coefficient (Wildman–Crippen LogP) is 2.21. The molecule has 0 saturated carbocycles. The molecular weight excluding hydrogens is 320 g/mol. The number of hydrogen-bond acceptors (Lipinski definition) is 5. The SMILES string of the molecule is Cc1c(N)ccc(C(O)C(O)CNC(=O)OCc2ccccc2)c1C. The molecule has 2 atom stereocenters. The summed E-state index contributed by atoms with van der Waals surface area (Å²) in [6.07, 6.45) is -2.94. The van der Waals surface area contributed by atoms with Crippen LogP contribution in [0.2, 0.25) is 0 Å². The summed E-state index contributed by atoms with van der Waals surface area (Å²) in [5, 5.41) is 22.9. The highest BCUT2D eigenvalue weighted by Gasteiger charge is 2.22. The molecule has 0 radical (unpaired) electrons. The molecule has 1 amide bonds. The Hall–Kier alpha value is -2.57. The highest BCUT2D eigenvalue weighted by molar-refractivity contribution is 5.67. The first-order valence-electron chi connectivity index (χ1n) is 8.06. The molecule has 0 aliphatic heterocycles. The van der Waals surface area contributed by atoms with Gasteiger partial charge in [0.15, 0.2) is 0 Å². The van der Waals surface area contributed by atoms with E-state index in [9.17, 15) is 15.0 Å². The molecule has 134 valence electrons. The fraction of sp³-hybridized carbons (Fsp3) is 0.316.